The van der Waals surface area contributed by atoms with Gasteiger partial charge in [-0.15, -0.1) is 0 Å². The van der Waals surface area contributed by atoms with Crippen LogP contribution in [0.1, 0.15) is 23.3 Å². The third kappa shape index (κ3) is 2.86. The van der Waals surface area contributed by atoms with Crippen LogP contribution in [0.25, 0.3) is 10.9 Å². The van der Waals surface area contributed by atoms with E-state index in [1.54, 1.807) is 18.2 Å². The van der Waals surface area contributed by atoms with Gasteiger partial charge in [0.25, 0.3) is 5.91 Å². The lowest BCUT2D eigenvalue weighted by molar-refractivity contribution is 0.0953. The zero-order valence-electron chi connectivity index (χ0n) is 11.2. The Morgan fingerprint density at radius 2 is 2.14 bits per heavy atom. The van der Waals surface area contributed by atoms with Gasteiger partial charge in [-0.25, -0.2) is 8.78 Å². The molecule has 1 heterocycles. The summed E-state index contributed by atoms with van der Waals surface area (Å²) in [6, 6.07) is 5.84. The van der Waals surface area contributed by atoms with E-state index in [2.05, 4.69) is 10.3 Å². The molecule has 0 aliphatic heterocycles. The number of hydrogen-bond donors (Lipinski definition) is 2. The van der Waals surface area contributed by atoms with Crippen LogP contribution in [0.5, 0.6) is 0 Å². The van der Waals surface area contributed by atoms with Gasteiger partial charge in [-0.05, 0) is 30.7 Å². The molecule has 1 aromatic carbocycles. The van der Waals surface area contributed by atoms with Crippen molar-refractivity contribution < 1.29 is 13.6 Å². The third-order valence-corrected chi connectivity index (χ3v) is 3.46. The molecule has 1 aliphatic carbocycles. The number of benzene rings is 1. The molecule has 3 rings (SSSR count). The van der Waals surface area contributed by atoms with E-state index in [1.165, 1.54) is 12.1 Å². The van der Waals surface area contributed by atoms with Crippen molar-refractivity contribution in [2.75, 3.05) is 6.54 Å². The Morgan fingerprint density at radius 3 is 2.95 bits per heavy atom. The van der Waals surface area contributed by atoms with Gasteiger partial charge in [-0.1, -0.05) is 12.2 Å². The van der Waals surface area contributed by atoms with Gasteiger partial charge in [0, 0.05) is 29.4 Å². The van der Waals surface area contributed by atoms with Crippen LogP contribution in [-0.2, 0) is 0 Å². The average Bonchev–Trinajstić information content (AvgIpc) is 2.89. The first kappa shape index (κ1) is 13.5. The monoisotopic (exact) mass is 288 g/mol. The molecule has 2 aromatic rings. The van der Waals surface area contributed by atoms with Gasteiger partial charge in [-0.2, -0.15) is 0 Å². The minimum Gasteiger partial charge on any atom is -0.351 e. The SMILES string of the molecule is O=C(NCC1=C(F)CCC=C1)c1cc2cc(F)ccc2[nH]1. The van der Waals surface area contributed by atoms with Gasteiger partial charge in [0.05, 0.1) is 0 Å². The Balaban J connectivity index is 1.73. The molecule has 108 valence electrons. The van der Waals surface area contributed by atoms with Gasteiger partial charge in [0.15, 0.2) is 0 Å². The molecule has 0 radical (unpaired) electrons. The lowest BCUT2D eigenvalue weighted by atomic mass is 10.1. The fraction of sp³-hybridized carbons (Fsp3) is 0.188. The van der Waals surface area contributed by atoms with E-state index in [9.17, 15) is 13.6 Å². The third-order valence-electron chi connectivity index (χ3n) is 3.46. The molecule has 0 saturated carbocycles. The summed E-state index contributed by atoms with van der Waals surface area (Å²) in [5, 5.41) is 3.29. The van der Waals surface area contributed by atoms with Gasteiger partial charge in [-0.3, -0.25) is 4.79 Å². The zero-order valence-corrected chi connectivity index (χ0v) is 11.2. The highest BCUT2D eigenvalue weighted by molar-refractivity contribution is 5.98. The highest BCUT2D eigenvalue weighted by Crippen LogP contribution is 2.20. The van der Waals surface area contributed by atoms with E-state index >= 15 is 0 Å². The Labute approximate surface area is 120 Å². The number of halogens is 2. The fourth-order valence-corrected chi connectivity index (χ4v) is 2.34. The quantitative estimate of drug-likeness (QED) is 0.890. The molecule has 1 aromatic heterocycles. The van der Waals surface area contributed by atoms with E-state index in [-0.39, 0.29) is 24.1 Å². The summed E-state index contributed by atoms with van der Waals surface area (Å²) in [5.74, 6) is -0.879. The second-order valence-electron chi connectivity index (χ2n) is 4.97. The van der Waals surface area contributed by atoms with Gasteiger partial charge < -0.3 is 10.3 Å². The summed E-state index contributed by atoms with van der Waals surface area (Å²) in [4.78, 5) is 15.0. The summed E-state index contributed by atoms with van der Waals surface area (Å²) in [7, 11) is 0. The minimum atomic E-state index is -0.354. The molecule has 5 heteroatoms. The van der Waals surface area contributed by atoms with Crippen molar-refractivity contribution in [2.45, 2.75) is 12.8 Å². The van der Waals surface area contributed by atoms with Gasteiger partial charge >= 0.3 is 0 Å². The molecule has 21 heavy (non-hydrogen) atoms. The number of amides is 1. The van der Waals surface area contributed by atoms with Crippen molar-refractivity contribution in [1.82, 2.24) is 10.3 Å². The summed E-state index contributed by atoms with van der Waals surface area (Å²) >= 11 is 0. The maximum absolute atomic E-state index is 13.5. The van der Waals surface area contributed by atoms with Crippen LogP contribution in [0.4, 0.5) is 8.78 Å². The van der Waals surface area contributed by atoms with Crippen LogP contribution in [-0.4, -0.2) is 17.4 Å². The Morgan fingerprint density at radius 1 is 1.29 bits per heavy atom. The van der Waals surface area contributed by atoms with E-state index in [1.807, 2.05) is 6.08 Å². The minimum absolute atomic E-state index is 0.144. The van der Waals surface area contributed by atoms with Crippen molar-refractivity contribution in [3.05, 3.63) is 59.3 Å². The number of carbonyl (C=O) groups is 1. The van der Waals surface area contributed by atoms with Crippen molar-refractivity contribution in [2.24, 2.45) is 0 Å². The van der Waals surface area contributed by atoms with E-state index in [0.717, 1.165) is 0 Å². The van der Waals surface area contributed by atoms with Gasteiger partial charge in [0.2, 0.25) is 0 Å². The highest BCUT2D eigenvalue weighted by Gasteiger charge is 2.12. The maximum Gasteiger partial charge on any atom is 0.267 e. The first-order chi connectivity index (χ1) is 10.1. The number of H-pyrrole nitrogens is 1. The number of nitrogens with one attached hydrogen (secondary N) is 2. The molecule has 0 bridgehead atoms. The number of fused-ring (bicyclic) bond motifs is 1. The van der Waals surface area contributed by atoms with Crippen molar-refractivity contribution >= 4 is 16.8 Å². The first-order valence-corrected chi connectivity index (χ1v) is 6.74. The van der Waals surface area contributed by atoms with Crippen LogP contribution in [0, 0.1) is 5.82 Å². The molecule has 0 saturated heterocycles. The molecule has 3 nitrogen and oxygen atoms in total. The van der Waals surface area contributed by atoms with Crippen LogP contribution in [0.15, 0.2) is 47.8 Å². The van der Waals surface area contributed by atoms with Crippen molar-refractivity contribution in [1.29, 1.82) is 0 Å². The zero-order chi connectivity index (χ0) is 14.8. The van der Waals surface area contributed by atoms with E-state index in [4.69, 9.17) is 0 Å². The normalized spacial score (nSPS) is 14.8. The number of rotatable bonds is 3. The Kier molecular flexibility index (Phi) is 3.56. The molecular weight excluding hydrogens is 274 g/mol. The van der Waals surface area contributed by atoms with Crippen molar-refractivity contribution in [3.63, 3.8) is 0 Å². The highest BCUT2D eigenvalue weighted by atomic mass is 19.1. The molecule has 1 aliphatic rings. The Hall–Kier alpha value is -2.43. The summed E-state index contributed by atoms with van der Waals surface area (Å²) in [6.07, 6.45) is 4.65. The Bertz CT molecular complexity index is 759. The number of aromatic nitrogens is 1. The number of aromatic amines is 1. The molecule has 2 N–H and O–H groups in total. The molecule has 0 atom stereocenters. The van der Waals surface area contributed by atoms with Crippen LogP contribution < -0.4 is 5.32 Å². The molecular formula is C16H14F2N2O. The summed E-state index contributed by atoms with van der Waals surface area (Å²) in [6.45, 7) is 0.144. The summed E-state index contributed by atoms with van der Waals surface area (Å²) in [5.41, 5.74) is 1.51. The number of hydrogen-bond acceptors (Lipinski definition) is 1. The maximum atomic E-state index is 13.5. The second kappa shape index (κ2) is 5.52. The lowest BCUT2D eigenvalue weighted by Gasteiger charge is -2.10. The summed E-state index contributed by atoms with van der Waals surface area (Å²) < 4.78 is 26.7. The van der Waals surface area contributed by atoms with E-state index in [0.29, 0.717) is 35.0 Å². The fourth-order valence-electron chi connectivity index (χ4n) is 2.34. The largest absolute Gasteiger partial charge is 0.351 e. The molecule has 1 amide bonds. The second-order valence-corrected chi connectivity index (χ2v) is 4.97. The van der Waals surface area contributed by atoms with Crippen LogP contribution in [0.3, 0.4) is 0 Å². The van der Waals surface area contributed by atoms with Crippen LogP contribution in [0.2, 0.25) is 0 Å². The predicted molar refractivity (Wildman–Crippen MR) is 77.1 cm³/mol. The number of allylic oxidation sites excluding steroid dienone is 2. The standard InChI is InChI=1S/C16H14F2N2O/c17-12-5-6-14-11(7-12)8-15(20-14)16(21)19-9-10-3-1-2-4-13(10)18/h1,3,5-8,20H,2,4,9H2,(H,19,21). The molecule has 0 unspecified atom stereocenters. The first-order valence-electron chi connectivity index (χ1n) is 6.74. The lowest BCUT2D eigenvalue weighted by Crippen LogP contribution is -2.26. The van der Waals surface area contributed by atoms with Gasteiger partial charge in [0.1, 0.15) is 17.3 Å². The van der Waals surface area contributed by atoms with Crippen LogP contribution >= 0.6 is 0 Å². The smallest absolute Gasteiger partial charge is 0.267 e. The molecule has 0 fully saturated rings. The number of carbonyl (C=O) groups excluding carboxylic acids is 1. The predicted octanol–water partition coefficient (Wildman–Crippen LogP) is 3.61. The average molecular weight is 288 g/mol. The topological polar surface area (TPSA) is 44.9 Å². The van der Waals surface area contributed by atoms with E-state index < -0.39 is 0 Å². The van der Waals surface area contributed by atoms with Crippen molar-refractivity contribution in [3.8, 4) is 0 Å². The molecule has 0 spiro atoms.